The first-order valence-electron chi connectivity index (χ1n) is 10.8. The molecular formula is C23H26N4O4. The van der Waals surface area contributed by atoms with E-state index in [9.17, 15) is 14.4 Å². The summed E-state index contributed by atoms with van der Waals surface area (Å²) in [5, 5.41) is 0. The molecule has 162 valence electrons. The molecule has 2 fully saturated rings. The molecular weight excluding hydrogens is 396 g/mol. The highest BCUT2D eigenvalue weighted by molar-refractivity contribution is 5.94. The van der Waals surface area contributed by atoms with Gasteiger partial charge in [-0.25, -0.2) is 0 Å². The molecule has 2 bridgehead atoms. The number of aryl methyl sites for hydroxylation is 1. The Bertz CT molecular complexity index is 1060. The van der Waals surface area contributed by atoms with Crippen LogP contribution in [0.3, 0.4) is 0 Å². The molecule has 2 aromatic rings. The molecule has 2 amide bonds. The minimum atomic E-state index is -0.593. The first kappa shape index (κ1) is 19.9. The average molecular weight is 422 g/mol. The van der Waals surface area contributed by atoms with Crippen molar-refractivity contribution in [3.05, 3.63) is 63.8 Å². The van der Waals surface area contributed by atoms with E-state index < -0.39 is 6.04 Å². The van der Waals surface area contributed by atoms with Crippen molar-refractivity contribution in [2.75, 3.05) is 39.4 Å². The molecule has 0 radical (unpaired) electrons. The summed E-state index contributed by atoms with van der Waals surface area (Å²) < 4.78 is 7.08. The van der Waals surface area contributed by atoms with Crippen LogP contribution >= 0.6 is 0 Å². The van der Waals surface area contributed by atoms with E-state index in [1.807, 2.05) is 24.0 Å². The maximum atomic E-state index is 13.5. The van der Waals surface area contributed by atoms with Crippen molar-refractivity contribution in [3.8, 4) is 0 Å². The summed E-state index contributed by atoms with van der Waals surface area (Å²) in [4.78, 5) is 47.5. The largest absolute Gasteiger partial charge is 0.378 e. The van der Waals surface area contributed by atoms with Gasteiger partial charge in [0.05, 0.1) is 18.8 Å². The lowest BCUT2D eigenvalue weighted by Crippen LogP contribution is -2.56. The van der Waals surface area contributed by atoms with Crippen molar-refractivity contribution in [1.82, 2.24) is 19.4 Å². The second-order valence-corrected chi connectivity index (χ2v) is 8.63. The number of ether oxygens (including phenoxy) is 1. The van der Waals surface area contributed by atoms with Crippen LogP contribution in [0.2, 0.25) is 0 Å². The van der Waals surface area contributed by atoms with Crippen molar-refractivity contribution in [2.45, 2.75) is 25.3 Å². The standard InChI is InChI=1S/C23H26N4O4/c1-15-5-6-16(12-24-15)22(29)26-13-17-11-18(14-26)21(23(30)25-7-9-31-10-8-25)27-19(17)3-2-4-20(27)28/h2-6,12,17-18,21H,7-11,13-14H2,1H3/t17-,18+,21+/m0/s1. The second kappa shape index (κ2) is 7.92. The number of rotatable bonds is 2. The molecule has 0 aromatic carbocycles. The molecule has 8 heteroatoms. The van der Waals surface area contributed by atoms with Crippen LogP contribution in [0.15, 0.2) is 41.3 Å². The Kier molecular flexibility index (Phi) is 5.09. The monoisotopic (exact) mass is 422 g/mol. The van der Waals surface area contributed by atoms with E-state index >= 15 is 0 Å². The Labute approximate surface area is 180 Å². The molecule has 0 saturated carbocycles. The highest BCUT2D eigenvalue weighted by Crippen LogP contribution is 2.42. The van der Waals surface area contributed by atoms with E-state index in [-0.39, 0.29) is 29.2 Å². The summed E-state index contributed by atoms with van der Waals surface area (Å²) in [5.41, 5.74) is 2.10. The van der Waals surface area contributed by atoms with Crippen molar-refractivity contribution in [2.24, 2.45) is 5.92 Å². The third kappa shape index (κ3) is 3.54. The van der Waals surface area contributed by atoms with Gasteiger partial charge in [0.15, 0.2) is 0 Å². The van der Waals surface area contributed by atoms with Crippen molar-refractivity contribution in [3.63, 3.8) is 0 Å². The summed E-state index contributed by atoms with van der Waals surface area (Å²) in [6.07, 6.45) is 2.40. The quantitative estimate of drug-likeness (QED) is 0.726. The van der Waals surface area contributed by atoms with Crippen LogP contribution in [-0.4, -0.2) is 70.6 Å². The molecule has 0 aliphatic carbocycles. The number of carbonyl (C=O) groups excluding carboxylic acids is 2. The number of fused-ring (bicyclic) bond motifs is 4. The summed E-state index contributed by atoms with van der Waals surface area (Å²) in [5.74, 6) is -0.202. The van der Waals surface area contributed by atoms with Crippen molar-refractivity contribution < 1.29 is 14.3 Å². The number of carbonyl (C=O) groups is 2. The average Bonchev–Trinajstić information content (AvgIpc) is 2.80. The molecule has 0 spiro atoms. The zero-order valence-corrected chi connectivity index (χ0v) is 17.6. The van der Waals surface area contributed by atoms with Crippen LogP contribution in [-0.2, 0) is 9.53 Å². The molecule has 3 atom stereocenters. The van der Waals surface area contributed by atoms with E-state index in [2.05, 4.69) is 4.98 Å². The first-order valence-corrected chi connectivity index (χ1v) is 10.8. The van der Waals surface area contributed by atoms with Gasteiger partial charge in [-0.1, -0.05) is 6.07 Å². The molecule has 5 heterocycles. The normalized spacial score (nSPS) is 25.1. The number of piperidine rings is 1. The van der Waals surface area contributed by atoms with Gasteiger partial charge in [-0.15, -0.1) is 0 Å². The molecule has 2 aromatic heterocycles. The van der Waals surface area contributed by atoms with Gasteiger partial charge in [-0.2, -0.15) is 0 Å². The van der Waals surface area contributed by atoms with Crippen molar-refractivity contribution >= 4 is 11.8 Å². The van der Waals surface area contributed by atoms with Crippen LogP contribution in [0, 0.1) is 12.8 Å². The Morgan fingerprint density at radius 3 is 2.61 bits per heavy atom. The lowest BCUT2D eigenvalue weighted by atomic mass is 9.77. The van der Waals surface area contributed by atoms with Gasteiger partial charge in [0.2, 0.25) is 5.91 Å². The van der Waals surface area contributed by atoms with Gasteiger partial charge < -0.3 is 14.5 Å². The van der Waals surface area contributed by atoms with Crippen LogP contribution in [0.4, 0.5) is 0 Å². The predicted molar refractivity (Wildman–Crippen MR) is 113 cm³/mol. The predicted octanol–water partition coefficient (Wildman–Crippen LogP) is 1.21. The van der Waals surface area contributed by atoms with E-state index in [4.69, 9.17) is 4.74 Å². The first-order chi connectivity index (χ1) is 15.0. The summed E-state index contributed by atoms with van der Waals surface area (Å²) in [7, 11) is 0. The molecule has 0 unspecified atom stereocenters. The third-order valence-electron chi connectivity index (χ3n) is 6.67. The Morgan fingerprint density at radius 2 is 1.87 bits per heavy atom. The van der Waals surface area contributed by atoms with E-state index in [1.54, 1.807) is 27.8 Å². The molecule has 2 saturated heterocycles. The number of likely N-dealkylation sites (tertiary alicyclic amines) is 1. The molecule has 31 heavy (non-hydrogen) atoms. The minimum Gasteiger partial charge on any atom is -0.378 e. The van der Waals surface area contributed by atoms with Gasteiger partial charge in [0, 0.05) is 61.7 Å². The molecule has 0 N–H and O–H groups in total. The molecule has 3 aliphatic heterocycles. The smallest absolute Gasteiger partial charge is 0.255 e. The van der Waals surface area contributed by atoms with Gasteiger partial charge >= 0.3 is 0 Å². The van der Waals surface area contributed by atoms with E-state index in [1.165, 1.54) is 6.07 Å². The third-order valence-corrected chi connectivity index (χ3v) is 6.67. The molecule has 3 aliphatic rings. The van der Waals surface area contributed by atoms with Crippen LogP contribution in [0.1, 0.15) is 40.1 Å². The van der Waals surface area contributed by atoms with Gasteiger partial charge in [0.25, 0.3) is 11.5 Å². The second-order valence-electron chi connectivity index (χ2n) is 8.63. The fourth-order valence-electron chi connectivity index (χ4n) is 5.16. The highest BCUT2D eigenvalue weighted by atomic mass is 16.5. The highest BCUT2D eigenvalue weighted by Gasteiger charge is 2.46. The van der Waals surface area contributed by atoms with Crippen LogP contribution < -0.4 is 5.56 Å². The number of aromatic nitrogens is 2. The summed E-state index contributed by atoms with van der Waals surface area (Å²) in [6.45, 7) is 4.94. The SMILES string of the molecule is Cc1ccc(C(=O)N2C[C@@H]3C[C@H](C2)[C@H](C(=O)N2CCOCC2)n2c3cccc2=O)cn1. The number of hydrogen-bond acceptors (Lipinski definition) is 5. The minimum absolute atomic E-state index is 0.0312. The van der Waals surface area contributed by atoms with Gasteiger partial charge in [0.1, 0.15) is 6.04 Å². The lowest BCUT2D eigenvalue weighted by molar-refractivity contribution is -0.142. The Hall–Kier alpha value is -3.00. The van der Waals surface area contributed by atoms with Crippen LogP contribution in [0.5, 0.6) is 0 Å². The van der Waals surface area contributed by atoms with Gasteiger partial charge in [-0.3, -0.25) is 23.9 Å². The number of pyridine rings is 2. The molecule has 5 rings (SSSR count). The maximum Gasteiger partial charge on any atom is 0.255 e. The van der Waals surface area contributed by atoms with Gasteiger partial charge in [-0.05, 0) is 31.5 Å². The fraction of sp³-hybridized carbons (Fsp3) is 0.478. The lowest BCUT2D eigenvalue weighted by Gasteiger charge is -2.47. The van der Waals surface area contributed by atoms with Crippen LogP contribution in [0.25, 0.3) is 0 Å². The van der Waals surface area contributed by atoms with E-state index in [0.717, 1.165) is 17.8 Å². The zero-order valence-electron chi connectivity index (χ0n) is 17.6. The maximum absolute atomic E-state index is 13.5. The number of amides is 2. The number of hydrogen-bond donors (Lipinski definition) is 0. The Morgan fingerprint density at radius 1 is 1.06 bits per heavy atom. The number of nitrogens with zero attached hydrogens (tertiary/aromatic N) is 4. The summed E-state index contributed by atoms with van der Waals surface area (Å²) >= 11 is 0. The molecule has 8 nitrogen and oxygen atoms in total. The number of morpholine rings is 1. The fourth-order valence-corrected chi connectivity index (χ4v) is 5.16. The zero-order chi connectivity index (χ0) is 21.5. The van der Waals surface area contributed by atoms with Crippen molar-refractivity contribution in [1.29, 1.82) is 0 Å². The summed E-state index contributed by atoms with van der Waals surface area (Å²) in [6, 6.07) is 8.22. The topological polar surface area (TPSA) is 84.7 Å². The Balaban J connectivity index is 1.50. The van der Waals surface area contributed by atoms with E-state index in [0.29, 0.717) is 45.0 Å².